The minimum atomic E-state index is -0.430. The first-order valence-corrected chi connectivity index (χ1v) is 12.1. The number of pyridine rings is 1. The summed E-state index contributed by atoms with van der Waals surface area (Å²) in [6.07, 6.45) is 4.89. The Labute approximate surface area is 218 Å². The molecule has 196 valence electrons. The first-order valence-electron chi connectivity index (χ1n) is 12.1. The van der Waals surface area contributed by atoms with Crippen LogP contribution in [0.25, 0.3) is 16.8 Å². The number of tetrazole rings is 1. The fourth-order valence-corrected chi connectivity index (χ4v) is 4.06. The number of benzene rings is 1. The van der Waals surface area contributed by atoms with Crippen molar-refractivity contribution in [2.24, 2.45) is 0 Å². The molecule has 0 amide bonds. The number of morpholine rings is 1. The number of ether oxygens (including phenoxy) is 3. The largest absolute Gasteiger partial charge is 0.497 e. The molecule has 1 aliphatic heterocycles. The van der Waals surface area contributed by atoms with Crippen LogP contribution in [0.5, 0.6) is 5.75 Å². The third-order valence-electron chi connectivity index (χ3n) is 5.89. The maximum atomic E-state index is 12.3. The van der Waals surface area contributed by atoms with Gasteiger partial charge < -0.3 is 24.4 Å². The molecule has 0 radical (unpaired) electrons. The lowest BCUT2D eigenvalue weighted by atomic mass is 10.1. The average molecular weight is 518 g/mol. The number of aromatic nitrogens is 7. The highest BCUT2D eigenvalue weighted by Gasteiger charge is 2.20. The van der Waals surface area contributed by atoms with Crippen LogP contribution in [0.4, 0.5) is 17.5 Å². The van der Waals surface area contributed by atoms with Crippen molar-refractivity contribution < 1.29 is 19.0 Å². The molecule has 0 unspecified atom stereocenters. The molecule has 1 fully saturated rings. The van der Waals surface area contributed by atoms with E-state index >= 15 is 0 Å². The second kappa shape index (κ2) is 11.2. The highest BCUT2D eigenvalue weighted by Crippen LogP contribution is 2.32. The first kappa shape index (κ1) is 25.0. The number of nitrogens with one attached hydrogen (secondary N) is 1. The minimum absolute atomic E-state index is 0.282. The van der Waals surface area contributed by atoms with Crippen molar-refractivity contribution in [3.8, 4) is 22.6 Å². The van der Waals surface area contributed by atoms with Crippen molar-refractivity contribution in [3.05, 3.63) is 54.2 Å². The van der Waals surface area contributed by atoms with E-state index in [1.165, 1.54) is 6.20 Å². The summed E-state index contributed by atoms with van der Waals surface area (Å²) in [7, 11) is 1.59. The Balaban J connectivity index is 1.52. The summed E-state index contributed by atoms with van der Waals surface area (Å²) >= 11 is 0. The standard InChI is InChI=1S/C25H27N9O4/c1-4-38-24(35)18-9-17(13-26-14-18)22-15-27-25(29-23(22)33-5-7-37-8-6-33)28-19-10-20(12-21(11-19)36-3)34-16(2)30-31-32-34/h9-15H,4-8H2,1-3H3,(H,27,28,29). The summed E-state index contributed by atoms with van der Waals surface area (Å²) in [6, 6.07) is 7.29. The van der Waals surface area contributed by atoms with E-state index in [-0.39, 0.29) is 6.61 Å². The van der Waals surface area contributed by atoms with Crippen LogP contribution in [0.15, 0.2) is 42.9 Å². The average Bonchev–Trinajstić information content (AvgIpc) is 3.39. The molecule has 4 heterocycles. The van der Waals surface area contributed by atoms with Gasteiger partial charge in [0.2, 0.25) is 5.95 Å². The third-order valence-corrected chi connectivity index (χ3v) is 5.89. The molecular formula is C25H27N9O4. The van der Waals surface area contributed by atoms with Gasteiger partial charge in [-0.2, -0.15) is 9.67 Å². The predicted octanol–water partition coefficient (Wildman–Crippen LogP) is 2.59. The third kappa shape index (κ3) is 5.37. The van der Waals surface area contributed by atoms with Crippen LogP contribution < -0.4 is 15.0 Å². The van der Waals surface area contributed by atoms with E-state index in [1.807, 2.05) is 25.1 Å². The molecule has 5 rings (SSSR count). The molecule has 0 atom stereocenters. The molecule has 0 bridgehead atoms. The zero-order chi connectivity index (χ0) is 26.5. The number of anilines is 3. The van der Waals surface area contributed by atoms with Gasteiger partial charge in [-0.15, -0.1) is 5.10 Å². The van der Waals surface area contributed by atoms with Crippen molar-refractivity contribution in [2.75, 3.05) is 50.2 Å². The number of hydrogen-bond donors (Lipinski definition) is 1. The summed E-state index contributed by atoms with van der Waals surface area (Å²) in [5.74, 6) is 1.91. The number of nitrogens with zero attached hydrogens (tertiary/aromatic N) is 8. The highest BCUT2D eigenvalue weighted by molar-refractivity contribution is 5.91. The van der Waals surface area contributed by atoms with E-state index in [9.17, 15) is 4.79 Å². The fourth-order valence-electron chi connectivity index (χ4n) is 4.06. The van der Waals surface area contributed by atoms with Gasteiger partial charge in [0, 0.05) is 60.6 Å². The van der Waals surface area contributed by atoms with E-state index in [4.69, 9.17) is 19.2 Å². The van der Waals surface area contributed by atoms with E-state index in [0.29, 0.717) is 66.5 Å². The smallest absolute Gasteiger partial charge is 0.339 e. The van der Waals surface area contributed by atoms with Crippen LogP contribution in [0, 0.1) is 6.92 Å². The number of hydrogen-bond acceptors (Lipinski definition) is 12. The van der Waals surface area contributed by atoms with E-state index < -0.39 is 5.97 Å². The highest BCUT2D eigenvalue weighted by atomic mass is 16.5. The molecule has 0 aliphatic carbocycles. The van der Waals surface area contributed by atoms with Crippen molar-refractivity contribution in [2.45, 2.75) is 13.8 Å². The van der Waals surface area contributed by atoms with Crippen LogP contribution in [0.3, 0.4) is 0 Å². The molecule has 13 nitrogen and oxygen atoms in total. The molecule has 0 saturated carbocycles. The number of methoxy groups -OCH3 is 1. The Morgan fingerprint density at radius 2 is 1.97 bits per heavy atom. The van der Waals surface area contributed by atoms with E-state index in [2.05, 4.69) is 35.7 Å². The summed E-state index contributed by atoms with van der Waals surface area (Å²) in [5, 5.41) is 15.0. The zero-order valence-corrected chi connectivity index (χ0v) is 21.3. The lowest BCUT2D eigenvalue weighted by Gasteiger charge is -2.29. The maximum Gasteiger partial charge on any atom is 0.339 e. The Morgan fingerprint density at radius 3 is 2.71 bits per heavy atom. The quantitative estimate of drug-likeness (QED) is 0.343. The Morgan fingerprint density at radius 1 is 1.13 bits per heavy atom. The van der Waals surface area contributed by atoms with Gasteiger partial charge in [0.1, 0.15) is 11.6 Å². The summed E-state index contributed by atoms with van der Waals surface area (Å²) in [6.45, 7) is 6.35. The Kier molecular flexibility index (Phi) is 7.35. The number of carbonyl (C=O) groups is 1. The van der Waals surface area contributed by atoms with Crippen LogP contribution in [0.1, 0.15) is 23.1 Å². The van der Waals surface area contributed by atoms with Gasteiger partial charge in [0.05, 0.1) is 38.2 Å². The summed E-state index contributed by atoms with van der Waals surface area (Å²) in [5.41, 5.74) is 3.23. The predicted molar refractivity (Wildman–Crippen MR) is 138 cm³/mol. The lowest BCUT2D eigenvalue weighted by molar-refractivity contribution is 0.0526. The van der Waals surface area contributed by atoms with Crippen LogP contribution in [0.2, 0.25) is 0 Å². The normalized spacial score (nSPS) is 13.3. The SMILES string of the molecule is CCOC(=O)c1cncc(-c2cnc(Nc3cc(OC)cc(-n4nnnc4C)c3)nc2N2CCOCC2)c1. The van der Waals surface area contributed by atoms with Gasteiger partial charge >= 0.3 is 5.97 Å². The van der Waals surface area contributed by atoms with Gasteiger partial charge in [-0.05, 0) is 36.4 Å². The summed E-state index contributed by atoms with van der Waals surface area (Å²) in [4.78, 5) is 28.1. The van der Waals surface area contributed by atoms with Crippen molar-refractivity contribution in [1.82, 2.24) is 35.2 Å². The van der Waals surface area contributed by atoms with Gasteiger partial charge in [-0.1, -0.05) is 0 Å². The first-order chi connectivity index (χ1) is 18.6. The monoisotopic (exact) mass is 517 g/mol. The summed E-state index contributed by atoms with van der Waals surface area (Å²) < 4.78 is 17.8. The molecular weight excluding hydrogens is 490 g/mol. The molecule has 1 aromatic carbocycles. The topological polar surface area (TPSA) is 142 Å². The van der Waals surface area contributed by atoms with Crippen LogP contribution in [-0.4, -0.2) is 81.1 Å². The van der Waals surface area contributed by atoms with Gasteiger partial charge in [0.25, 0.3) is 0 Å². The van der Waals surface area contributed by atoms with Crippen LogP contribution in [-0.2, 0) is 9.47 Å². The number of carbonyl (C=O) groups excluding carboxylic acids is 1. The Hall–Kier alpha value is -4.65. The second-order valence-corrected chi connectivity index (χ2v) is 8.40. The molecule has 1 aliphatic rings. The second-order valence-electron chi connectivity index (χ2n) is 8.40. The van der Waals surface area contributed by atoms with E-state index in [1.54, 1.807) is 37.2 Å². The van der Waals surface area contributed by atoms with Gasteiger partial charge in [-0.3, -0.25) is 4.98 Å². The maximum absolute atomic E-state index is 12.3. The molecule has 38 heavy (non-hydrogen) atoms. The number of esters is 1. The Bertz CT molecular complexity index is 1440. The molecule has 13 heteroatoms. The van der Waals surface area contributed by atoms with Gasteiger partial charge in [0.15, 0.2) is 5.82 Å². The molecule has 4 aromatic rings. The molecule has 1 N–H and O–H groups in total. The number of aryl methyl sites for hydroxylation is 1. The van der Waals surface area contributed by atoms with Gasteiger partial charge in [-0.25, -0.2) is 9.78 Å². The fraction of sp³-hybridized carbons (Fsp3) is 0.320. The lowest BCUT2D eigenvalue weighted by Crippen LogP contribution is -2.37. The van der Waals surface area contributed by atoms with E-state index in [0.717, 1.165) is 11.3 Å². The number of rotatable bonds is 8. The van der Waals surface area contributed by atoms with Crippen LogP contribution >= 0.6 is 0 Å². The zero-order valence-electron chi connectivity index (χ0n) is 21.3. The molecule has 1 saturated heterocycles. The minimum Gasteiger partial charge on any atom is -0.497 e. The molecule has 3 aromatic heterocycles. The van der Waals surface area contributed by atoms with Crippen molar-refractivity contribution >= 4 is 23.4 Å². The van der Waals surface area contributed by atoms with Crippen molar-refractivity contribution in [3.63, 3.8) is 0 Å². The molecule has 0 spiro atoms. The van der Waals surface area contributed by atoms with Crippen molar-refractivity contribution in [1.29, 1.82) is 0 Å².